The predicted octanol–water partition coefficient (Wildman–Crippen LogP) is 2.52. The van der Waals surface area contributed by atoms with Crippen LogP contribution < -0.4 is 21.7 Å². The number of anilines is 4. The summed E-state index contributed by atoms with van der Waals surface area (Å²) >= 11 is 0. The Kier molecular flexibility index (Phi) is 6.38. The molecule has 8 heteroatoms. The third-order valence-electron chi connectivity index (χ3n) is 4.08. The van der Waals surface area contributed by atoms with Gasteiger partial charge in [-0.2, -0.15) is 4.98 Å². The van der Waals surface area contributed by atoms with Gasteiger partial charge < -0.3 is 26.6 Å². The molecule has 28 heavy (non-hydrogen) atoms. The molecule has 1 aromatic heterocycles. The van der Waals surface area contributed by atoms with Crippen LogP contribution in [0.25, 0.3) is 0 Å². The van der Waals surface area contributed by atoms with Crippen LogP contribution in [-0.4, -0.2) is 33.3 Å². The van der Waals surface area contributed by atoms with Gasteiger partial charge in [-0.15, -0.1) is 0 Å². The van der Waals surface area contributed by atoms with E-state index in [0.29, 0.717) is 30.4 Å². The lowest BCUT2D eigenvalue weighted by molar-refractivity contribution is 0.141. The van der Waals surface area contributed by atoms with Crippen molar-refractivity contribution in [3.8, 4) is 5.75 Å². The highest BCUT2D eigenvalue weighted by Gasteiger charge is 2.08. The first-order valence-corrected chi connectivity index (χ1v) is 8.93. The number of phenols is 1. The molecular formula is C20H24N6O2. The normalized spacial score (nSPS) is 11.8. The number of phenolic OH excluding ortho intramolecular Hbond substituents is 1. The molecule has 0 spiro atoms. The van der Waals surface area contributed by atoms with Gasteiger partial charge in [0, 0.05) is 36.7 Å². The first-order chi connectivity index (χ1) is 13.5. The van der Waals surface area contributed by atoms with E-state index >= 15 is 0 Å². The number of aliphatic hydroxyl groups excluding tert-OH is 1. The lowest BCUT2D eigenvalue weighted by atomic mass is 10.1. The summed E-state index contributed by atoms with van der Waals surface area (Å²) in [5.41, 5.74) is 8.66. The zero-order valence-corrected chi connectivity index (χ0v) is 15.6. The van der Waals surface area contributed by atoms with Crippen molar-refractivity contribution in [3.05, 3.63) is 65.9 Å². The average Bonchev–Trinajstić information content (AvgIpc) is 2.69. The molecule has 1 atom stereocenters. The van der Waals surface area contributed by atoms with Gasteiger partial charge in [-0.3, -0.25) is 5.32 Å². The summed E-state index contributed by atoms with van der Waals surface area (Å²) in [6.07, 6.45) is 0.838. The Labute approximate surface area is 163 Å². The Balaban J connectivity index is 1.73. The smallest absolute Gasteiger partial charge is 0.229 e. The Morgan fingerprint density at radius 2 is 1.96 bits per heavy atom. The minimum atomic E-state index is -0.798. The highest BCUT2D eigenvalue weighted by atomic mass is 16.3. The SMILES string of the molecule is Cc1ccc(O)cc1Nc1ccnc(Nc2cccc(C(O)NCCN)c2)n1. The molecule has 1 heterocycles. The summed E-state index contributed by atoms with van der Waals surface area (Å²) in [6, 6.07) is 14.2. The van der Waals surface area contributed by atoms with Gasteiger partial charge in [0.2, 0.25) is 5.95 Å². The molecular weight excluding hydrogens is 356 g/mol. The molecule has 7 N–H and O–H groups in total. The lowest BCUT2D eigenvalue weighted by Crippen LogP contribution is -2.26. The van der Waals surface area contributed by atoms with Crippen LogP contribution in [0.15, 0.2) is 54.7 Å². The summed E-state index contributed by atoms with van der Waals surface area (Å²) in [7, 11) is 0. The van der Waals surface area contributed by atoms with Crippen molar-refractivity contribution in [2.24, 2.45) is 5.73 Å². The van der Waals surface area contributed by atoms with E-state index in [4.69, 9.17) is 5.73 Å². The zero-order valence-electron chi connectivity index (χ0n) is 15.6. The molecule has 3 rings (SSSR count). The fourth-order valence-corrected chi connectivity index (χ4v) is 2.62. The highest BCUT2D eigenvalue weighted by Crippen LogP contribution is 2.25. The summed E-state index contributed by atoms with van der Waals surface area (Å²) in [5.74, 6) is 1.18. The number of rotatable bonds is 8. The van der Waals surface area contributed by atoms with E-state index in [1.54, 1.807) is 24.4 Å². The minimum Gasteiger partial charge on any atom is -0.508 e. The van der Waals surface area contributed by atoms with Gasteiger partial charge in [-0.1, -0.05) is 18.2 Å². The monoisotopic (exact) mass is 380 g/mol. The largest absolute Gasteiger partial charge is 0.508 e. The van der Waals surface area contributed by atoms with Crippen molar-refractivity contribution >= 4 is 23.1 Å². The lowest BCUT2D eigenvalue weighted by Gasteiger charge is -2.14. The number of nitrogens with zero attached hydrogens (tertiary/aromatic N) is 2. The molecule has 0 aliphatic rings. The topological polar surface area (TPSA) is 128 Å². The molecule has 0 saturated heterocycles. The van der Waals surface area contributed by atoms with Crippen molar-refractivity contribution in [3.63, 3.8) is 0 Å². The van der Waals surface area contributed by atoms with E-state index in [0.717, 1.165) is 16.9 Å². The number of aliphatic hydroxyl groups is 1. The van der Waals surface area contributed by atoms with Gasteiger partial charge in [0.25, 0.3) is 0 Å². The minimum absolute atomic E-state index is 0.180. The maximum atomic E-state index is 10.1. The molecule has 0 aliphatic carbocycles. The van der Waals surface area contributed by atoms with Crippen LogP contribution >= 0.6 is 0 Å². The van der Waals surface area contributed by atoms with Gasteiger partial charge in [0.15, 0.2) is 0 Å². The molecule has 3 aromatic rings. The van der Waals surface area contributed by atoms with Crippen molar-refractivity contribution in [1.82, 2.24) is 15.3 Å². The summed E-state index contributed by atoms with van der Waals surface area (Å²) < 4.78 is 0. The average molecular weight is 380 g/mol. The number of nitrogens with one attached hydrogen (secondary N) is 3. The number of benzene rings is 2. The van der Waals surface area contributed by atoms with Crippen LogP contribution in [0.2, 0.25) is 0 Å². The molecule has 0 fully saturated rings. The Morgan fingerprint density at radius 1 is 1.11 bits per heavy atom. The summed E-state index contributed by atoms with van der Waals surface area (Å²) in [6.45, 7) is 2.91. The fraction of sp³-hybridized carbons (Fsp3) is 0.200. The number of nitrogens with two attached hydrogens (primary N) is 1. The van der Waals surface area contributed by atoms with E-state index in [9.17, 15) is 10.2 Å². The molecule has 0 amide bonds. The van der Waals surface area contributed by atoms with E-state index in [2.05, 4.69) is 25.9 Å². The third kappa shape index (κ3) is 5.17. The zero-order chi connectivity index (χ0) is 19.9. The first-order valence-electron chi connectivity index (χ1n) is 8.93. The van der Waals surface area contributed by atoms with E-state index in [1.807, 2.05) is 37.3 Å². The predicted molar refractivity (Wildman–Crippen MR) is 110 cm³/mol. The molecule has 0 bridgehead atoms. The van der Waals surface area contributed by atoms with E-state index < -0.39 is 6.23 Å². The van der Waals surface area contributed by atoms with Gasteiger partial charge in [0.05, 0.1) is 0 Å². The van der Waals surface area contributed by atoms with Gasteiger partial charge in [-0.05, 0) is 42.3 Å². The Hall–Kier alpha value is -3.20. The van der Waals surface area contributed by atoms with Gasteiger partial charge in [-0.25, -0.2) is 4.98 Å². The van der Waals surface area contributed by atoms with Gasteiger partial charge in [0.1, 0.15) is 17.8 Å². The van der Waals surface area contributed by atoms with Gasteiger partial charge >= 0.3 is 0 Å². The Morgan fingerprint density at radius 3 is 2.79 bits per heavy atom. The Bertz CT molecular complexity index is 934. The standard InChI is InChI=1S/C20H24N6O2/c1-13-5-6-16(27)12-17(13)25-18-7-9-23-20(26-18)24-15-4-2-3-14(11-15)19(28)22-10-8-21/h2-7,9,11-12,19,22,27-28H,8,10,21H2,1H3,(H2,23,24,25,26). The van der Waals surface area contributed by atoms with E-state index in [-0.39, 0.29) is 5.75 Å². The first kappa shape index (κ1) is 19.6. The molecule has 146 valence electrons. The van der Waals surface area contributed by atoms with Crippen LogP contribution in [0.3, 0.4) is 0 Å². The van der Waals surface area contributed by atoms with Crippen molar-refractivity contribution in [2.45, 2.75) is 13.2 Å². The third-order valence-corrected chi connectivity index (χ3v) is 4.08. The summed E-state index contributed by atoms with van der Waals surface area (Å²) in [5, 5.41) is 29.1. The van der Waals surface area contributed by atoms with Crippen molar-refractivity contribution in [2.75, 3.05) is 23.7 Å². The maximum Gasteiger partial charge on any atom is 0.229 e. The maximum absolute atomic E-state index is 10.1. The second-order valence-corrected chi connectivity index (χ2v) is 6.29. The van der Waals surface area contributed by atoms with E-state index in [1.165, 1.54) is 0 Å². The van der Waals surface area contributed by atoms with Crippen LogP contribution in [0.5, 0.6) is 5.75 Å². The fourth-order valence-electron chi connectivity index (χ4n) is 2.62. The van der Waals surface area contributed by atoms with Crippen LogP contribution in [0.4, 0.5) is 23.1 Å². The molecule has 0 aliphatic heterocycles. The van der Waals surface area contributed by atoms with Crippen LogP contribution in [0, 0.1) is 6.92 Å². The molecule has 1 unspecified atom stereocenters. The second-order valence-electron chi connectivity index (χ2n) is 6.29. The quantitative estimate of drug-likeness (QED) is 0.329. The van der Waals surface area contributed by atoms with Crippen LogP contribution in [-0.2, 0) is 0 Å². The molecule has 0 radical (unpaired) electrons. The number of hydrogen-bond acceptors (Lipinski definition) is 8. The molecule has 0 saturated carbocycles. The number of hydrogen-bond donors (Lipinski definition) is 6. The van der Waals surface area contributed by atoms with Crippen LogP contribution in [0.1, 0.15) is 17.4 Å². The summed E-state index contributed by atoms with van der Waals surface area (Å²) in [4.78, 5) is 8.68. The number of aromatic nitrogens is 2. The second kappa shape index (κ2) is 9.14. The van der Waals surface area contributed by atoms with Crippen molar-refractivity contribution in [1.29, 1.82) is 0 Å². The number of aryl methyl sites for hydroxylation is 1. The number of aromatic hydroxyl groups is 1. The molecule has 2 aromatic carbocycles. The van der Waals surface area contributed by atoms with Crippen molar-refractivity contribution < 1.29 is 10.2 Å². The molecule has 8 nitrogen and oxygen atoms in total. The highest BCUT2D eigenvalue weighted by molar-refractivity contribution is 5.63.